The van der Waals surface area contributed by atoms with E-state index in [0.717, 1.165) is 28.0 Å². The van der Waals surface area contributed by atoms with Crippen LogP contribution in [0.4, 0.5) is 5.00 Å². The van der Waals surface area contributed by atoms with Gasteiger partial charge in [0, 0.05) is 12.0 Å². The Morgan fingerprint density at radius 2 is 1.90 bits per heavy atom. The summed E-state index contributed by atoms with van der Waals surface area (Å²) in [6, 6.07) is 5.81. The second-order valence-corrected chi connectivity index (χ2v) is 10.2. The SMILES string of the molecule is CCOC(=O)c1c(NC(=O)c2cc(C)ccc2C)sc2c1CC(C)(C)[NH2+]C2(C)C. The van der Waals surface area contributed by atoms with Crippen molar-refractivity contribution in [1.82, 2.24) is 0 Å². The number of quaternary nitrogens is 1. The molecule has 0 aliphatic carbocycles. The molecule has 0 spiro atoms. The maximum atomic E-state index is 13.1. The molecule has 2 aromatic rings. The molecule has 1 amide bonds. The van der Waals surface area contributed by atoms with Crippen LogP contribution in [0.1, 0.15) is 76.9 Å². The Kier molecular flexibility index (Phi) is 5.62. The van der Waals surface area contributed by atoms with Crippen LogP contribution in [0.25, 0.3) is 0 Å². The summed E-state index contributed by atoms with van der Waals surface area (Å²) in [5.74, 6) is -0.564. The van der Waals surface area contributed by atoms with E-state index in [0.29, 0.717) is 22.7 Å². The summed E-state index contributed by atoms with van der Waals surface area (Å²) in [5, 5.41) is 5.94. The van der Waals surface area contributed by atoms with Gasteiger partial charge in [0.15, 0.2) is 0 Å². The number of hydrogen-bond acceptors (Lipinski definition) is 4. The van der Waals surface area contributed by atoms with E-state index in [1.807, 2.05) is 32.0 Å². The van der Waals surface area contributed by atoms with Crippen molar-refractivity contribution in [2.45, 2.75) is 66.0 Å². The van der Waals surface area contributed by atoms with Crippen molar-refractivity contribution in [1.29, 1.82) is 0 Å². The lowest BCUT2D eigenvalue weighted by atomic mass is 9.81. The number of amides is 1. The van der Waals surface area contributed by atoms with Crippen molar-refractivity contribution < 1.29 is 19.6 Å². The van der Waals surface area contributed by atoms with Crippen LogP contribution in [0, 0.1) is 13.8 Å². The summed E-state index contributed by atoms with van der Waals surface area (Å²) < 4.78 is 5.37. The zero-order valence-corrected chi connectivity index (χ0v) is 19.2. The van der Waals surface area contributed by atoms with Gasteiger partial charge in [-0.1, -0.05) is 17.7 Å². The molecule has 2 heterocycles. The largest absolute Gasteiger partial charge is 0.462 e. The van der Waals surface area contributed by atoms with Crippen LogP contribution < -0.4 is 10.6 Å². The minimum Gasteiger partial charge on any atom is -0.462 e. The van der Waals surface area contributed by atoms with E-state index < -0.39 is 0 Å². The fourth-order valence-corrected chi connectivity index (χ4v) is 5.64. The highest BCUT2D eigenvalue weighted by molar-refractivity contribution is 7.17. The molecule has 6 heteroatoms. The number of aryl methyl sites for hydroxylation is 2. The first-order valence-corrected chi connectivity index (χ1v) is 10.9. The predicted octanol–water partition coefficient (Wildman–Crippen LogP) is 3.93. The summed E-state index contributed by atoms with van der Waals surface area (Å²) in [4.78, 5) is 27.1. The van der Waals surface area contributed by atoms with Crippen LogP contribution >= 0.6 is 11.3 Å². The number of thiophene rings is 1. The van der Waals surface area contributed by atoms with Gasteiger partial charge < -0.3 is 15.4 Å². The first kappa shape index (κ1) is 21.5. The second kappa shape index (κ2) is 7.58. The molecule has 3 N–H and O–H groups in total. The van der Waals surface area contributed by atoms with Crippen molar-refractivity contribution in [3.8, 4) is 0 Å². The Morgan fingerprint density at radius 1 is 1.21 bits per heavy atom. The first-order valence-electron chi connectivity index (χ1n) is 10.0. The van der Waals surface area contributed by atoms with Crippen LogP contribution in [0.15, 0.2) is 18.2 Å². The summed E-state index contributed by atoms with van der Waals surface area (Å²) >= 11 is 1.49. The highest BCUT2D eigenvalue weighted by Gasteiger charge is 2.45. The van der Waals surface area contributed by atoms with Crippen molar-refractivity contribution >= 4 is 28.2 Å². The topological polar surface area (TPSA) is 72.0 Å². The van der Waals surface area contributed by atoms with Crippen LogP contribution in [0.5, 0.6) is 0 Å². The maximum absolute atomic E-state index is 13.1. The molecule has 1 aromatic heterocycles. The van der Waals surface area contributed by atoms with Crippen LogP contribution in [-0.4, -0.2) is 24.0 Å². The van der Waals surface area contributed by atoms with Gasteiger partial charge in [-0.2, -0.15) is 0 Å². The van der Waals surface area contributed by atoms with Gasteiger partial charge in [-0.3, -0.25) is 4.79 Å². The fraction of sp³-hybridized carbons (Fsp3) is 0.478. The lowest BCUT2D eigenvalue weighted by Crippen LogP contribution is -3.03. The van der Waals surface area contributed by atoms with E-state index in [1.54, 1.807) is 6.92 Å². The average molecular weight is 416 g/mol. The molecule has 0 saturated heterocycles. The molecular weight excluding hydrogens is 384 g/mol. The summed E-state index contributed by atoms with van der Waals surface area (Å²) in [5.41, 5.74) is 3.83. The molecular formula is C23H31N2O3S+. The number of fused-ring (bicyclic) bond motifs is 1. The lowest BCUT2D eigenvalue weighted by molar-refractivity contribution is -0.789. The third-order valence-corrected chi connectivity index (χ3v) is 6.81. The van der Waals surface area contributed by atoms with Gasteiger partial charge in [-0.15, -0.1) is 11.3 Å². The number of carbonyl (C=O) groups is 2. The molecule has 1 aliphatic heterocycles. The molecule has 1 aromatic carbocycles. The standard InChI is InChI=1S/C23H30N2O3S/c1-8-28-21(27)17-16-12-22(4,5)25-23(6,7)18(16)29-20(17)24-19(26)15-11-13(2)9-10-14(15)3/h9-11,25H,8,12H2,1-7H3,(H,24,26)/p+1. The zero-order chi connectivity index (χ0) is 21.6. The molecule has 1 aliphatic rings. The van der Waals surface area contributed by atoms with Gasteiger partial charge in [0.05, 0.1) is 22.6 Å². The molecule has 0 bridgehead atoms. The highest BCUT2D eigenvalue weighted by atomic mass is 32.1. The number of rotatable bonds is 4. The van der Waals surface area contributed by atoms with Gasteiger partial charge >= 0.3 is 5.97 Å². The Morgan fingerprint density at radius 3 is 2.55 bits per heavy atom. The summed E-state index contributed by atoms with van der Waals surface area (Å²) in [6.45, 7) is 14.7. The summed E-state index contributed by atoms with van der Waals surface area (Å²) in [7, 11) is 0. The van der Waals surface area contributed by atoms with Crippen molar-refractivity contribution in [2.24, 2.45) is 0 Å². The highest BCUT2D eigenvalue weighted by Crippen LogP contribution is 2.42. The van der Waals surface area contributed by atoms with Gasteiger partial charge in [0.25, 0.3) is 5.91 Å². The molecule has 3 rings (SSSR count). The Labute approximate surface area is 176 Å². The lowest BCUT2D eigenvalue weighted by Gasteiger charge is -2.38. The number of carbonyl (C=O) groups excluding carboxylic acids is 2. The zero-order valence-electron chi connectivity index (χ0n) is 18.4. The predicted molar refractivity (Wildman–Crippen MR) is 117 cm³/mol. The number of nitrogens with one attached hydrogen (secondary N) is 1. The molecule has 0 radical (unpaired) electrons. The third kappa shape index (κ3) is 4.23. The number of hydrogen-bond donors (Lipinski definition) is 2. The fourth-order valence-electron chi connectivity index (χ4n) is 4.36. The van der Waals surface area contributed by atoms with Crippen molar-refractivity contribution in [2.75, 3.05) is 11.9 Å². The van der Waals surface area contributed by atoms with Crippen molar-refractivity contribution in [3.05, 3.63) is 50.9 Å². The Hall–Kier alpha value is -2.18. The molecule has 156 valence electrons. The molecule has 0 atom stereocenters. The smallest absolute Gasteiger partial charge is 0.341 e. The number of nitrogens with two attached hydrogens (primary N) is 1. The van der Waals surface area contributed by atoms with Crippen molar-refractivity contribution in [3.63, 3.8) is 0 Å². The van der Waals surface area contributed by atoms with Crippen LogP contribution in [0.2, 0.25) is 0 Å². The molecule has 0 fully saturated rings. The molecule has 0 saturated carbocycles. The third-order valence-electron chi connectivity index (χ3n) is 5.32. The van der Waals surface area contributed by atoms with Gasteiger partial charge in [0.2, 0.25) is 0 Å². The minimum absolute atomic E-state index is 0.0484. The quantitative estimate of drug-likeness (QED) is 0.743. The van der Waals surface area contributed by atoms with Crippen LogP contribution in [-0.2, 0) is 16.7 Å². The Bertz CT molecular complexity index is 973. The molecule has 5 nitrogen and oxygen atoms in total. The monoisotopic (exact) mass is 415 g/mol. The van der Waals surface area contributed by atoms with E-state index in [2.05, 4.69) is 38.3 Å². The number of esters is 1. The maximum Gasteiger partial charge on any atom is 0.341 e. The van der Waals surface area contributed by atoms with Gasteiger partial charge in [-0.25, -0.2) is 4.79 Å². The number of ether oxygens (including phenoxy) is 1. The van der Waals surface area contributed by atoms with E-state index in [-0.39, 0.29) is 23.0 Å². The summed E-state index contributed by atoms with van der Waals surface area (Å²) in [6.07, 6.45) is 0.746. The first-order chi connectivity index (χ1) is 13.4. The average Bonchev–Trinajstić information content (AvgIpc) is 2.94. The molecule has 0 unspecified atom stereocenters. The normalized spacial score (nSPS) is 16.8. The van der Waals surface area contributed by atoms with Gasteiger partial charge in [0.1, 0.15) is 10.5 Å². The second-order valence-electron chi connectivity index (χ2n) is 9.14. The number of benzene rings is 1. The van der Waals surface area contributed by atoms with Gasteiger partial charge in [-0.05, 0) is 65.7 Å². The van der Waals surface area contributed by atoms with E-state index in [9.17, 15) is 9.59 Å². The minimum atomic E-state index is -0.366. The van der Waals surface area contributed by atoms with E-state index >= 15 is 0 Å². The number of anilines is 1. The van der Waals surface area contributed by atoms with E-state index in [4.69, 9.17) is 4.74 Å². The van der Waals surface area contributed by atoms with E-state index in [1.165, 1.54) is 11.3 Å². The molecule has 29 heavy (non-hydrogen) atoms. The van der Waals surface area contributed by atoms with Crippen LogP contribution in [0.3, 0.4) is 0 Å². The Balaban J connectivity index is 2.09.